The Labute approximate surface area is 146 Å². The van der Waals surface area contributed by atoms with Crippen LogP contribution in [-0.2, 0) is 4.79 Å². The minimum atomic E-state index is -0.602. The third-order valence-corrected chi connectivity index (χ3v) is 4.77. The van der Waals surface area contributed by atoms with Crippen LogP contribution in [0.1, 0.15) is 27.0 Å². The van der Waals surface area contributed by atoms with Gasteiger partial charge in [0.15, 0.2) is 5.15 Å². The average molecular weight is 372 g/mol. The summed E-state index contributed by atoms with van der Waals surface area (Å²) >= 11 is 12.7. The molecule has 3 amide bonds. The number of imide groups is 1. The minimum Gasteiger partial charge on any atom is -0.307 e. The van der Waals surface area contributed by atoms with Crippen LogP contribution in [0.5, 0.6) is 0 Å². The highest BCUT2D eigenvalue weighted by Gasteiger charge is 2.26. The Bertz CT molecular complexity index is 763. The molecule has 1 N–H and O–H groups in total. The summed E-state index contributed by atoms with van der Waals surface area (Å²) in [6.07, 6.45) is 0.289. The summed E-state index contributed by atoms with van der Waals surface area (Å²) in [7, 11) is 0. The summed E-state index contributed by atoms with van der Waals surface area (Å²) in [6.45, 7) is 2.04. The van der Waals surface area contributed by atoms with Crippen LogP contribution in [0.25, 0.3) is 0 Å². The van der Waals surface area contributed by atoms with Gasteiger partial charge in [-0.2, -0.15) is 4.37 Å². The number of rotatable bonds is 5. The number of hydrogen-bond acceptors (Lipinski definition) is 5. The van der Waals surface area contributed by atoms with E-state index in [1.165, 1.54) is 11.0 Å². The van der Waals surface area contributed by atoms with E-state index in [4.69, 9.17) is 23.2 Å². The van der Waals surface area contributed by atoms with Gasteiger partial charge in [0.2, 0.25) is 6.41 Å². The van der Waals surface area contributed by atoms with E-state index < -0.39 is 11.8 Å². The Balaban J connectivity index is 2.46. The Kier molecular flexibility index (Phi) is 5.70. The number of hydrogen-bond donors (Lipinski definition) is 1. The molecule has 6 nitrogen and oxygen atoms in total. The fraction of sp³-hybridized carbons (Fsp3) is 0.143. The van der Waals surface area contributed by atoms with Gasteiger partial charge in [0, 0.05) is 6.54 Å². The quantitative estimate of drug-likeness (QED) is 0.819. The average Bonchev–Trinajstić information content (AvgIpc) is 2.88. The van der Waals surface area contributed by atoms with Crippen molar-refractivity contribution in [1.29, 1.82) is 0 Å². The maximum absolute atomic E-state index is 12.7. The van der Waals surface area contributed by atoms with Gasteiger partial charge in [-0.3, -0.25) is 19.7 Å². The van der Waals surface area contributed by atoms with E-state index in [-0.39, 0.29) is 33.6 Å². The molecular formula is C14H11Cl2N3O3S. The molecule has 0 fully saturated rings. The number of carbonyl (C=O) groups is 3. The summed E-state index contributed by atoms with van der Waals surface area (Å²) in [6, 6.07) is 6.45. The first kappa shape index (κ1) is 17.4. The molecule has 0 aliphatic heterocycles. The number of aromatic nitrogens is 1. The predicted molar refractivity (Wildman–Crippen MR) is 89.5 cm³/mol. The summed E-state index contributed by atoms with van der Waals surface area (Å²) < 4.78 is 3.84. The van der Waals surface area contributed by atoms with Crippen molar-refractivity contribution in [2.24, 2.45) is 0 Å². The van der Waals surface area contributed by atoms with E-state index in [9.17, 15) is 14.4 Å². The Hall–Kier alpha value is -1.96. The zero-order valence-corrected chi connectivity index (χ0v) is 14.2. The molecule has 0 saturated carbocycles. The molecule has 0 aliphatic rings. The molecule has 9 heteroatoms. The number of carbonyl (C=O) groups excluding carboxylic acids is 3. The molecule has 0 aliphatic carbocycles. The van der Waals surface area contributed by atoms with Crippen molar-refractivity contribution in [2.75, 3.05) is 11.4 Å². The van der Waals surface area contributed by atoms with Crippen LogP contribution < -0.4 is 10.2 Å². The van der Waals surface area contributed by atoms with E-state index in [1.54, 1.807) is 25.1 Å². The number of nitrogens with zero attached hydrogens (tertiary/aromatic N) is 2. The lowest BCUT2D eigenvalue weighted by molar-refractivity contribution is -0.108. The second-order valence-corrected chi connectivity index (χ2v) is 5.78. The maximum Gasteiger partial charge on any atom is 0.271 e. The molecule has 1 aromatic carbocycles. The first-order valence-electron chi connectivity index (χ1n) is 6.47. The monoisotopic (exact) mass is 371 g/mol. The third-order valence-electron chi connectivity index (χ3n) is 2.98. The highest BCUT2D eigenvalue weighted by atomic mass is 35.5. The van der Waals surface area contributed by atoms with Gasteiger partial charge >= 0.3 is 0 Å². The lowest BCUT2D eigenvalue weighted by Gasteiger charge is -2.22. The van der Waals surface area contributed by atoms with Gasteiger partial charge in [0.25, 0.3) is 11.8 Å². The smallest absolute Gasteiger partial charge is 0.271 e. The van der Waals surface area contributed by atoms with Crippen LogP contribution in [0.2, 0.25) is 10.2 Å². The van der Waals surface area contributed by atoms with Crippen molar-refractivity contribution in [3.8, 4) is 0 Å². The third kappa shape index (κ3) is 3.52. The van der Waals surface area contributed by atoms with Gasteiger partial charge < -0.3 is 4.90 Å². The molecule has 2 rings (SSSR count). The number of benzene rings is 1. The molecular weight excluding hydrogens is 361 g/mol. The highest BCUT2D eigenvalue weighted by Crippen LogP contribution is 2.31. The number of anilines is 1. The largest absolute Gasteiger partial charge is 0.307 e. The van der Waals surface area contributed by atoms with E-state index in [0.29, 0.717) is 5.69 Å². The van der Waals surface area contributed by atoms with E-state index in [0.717, 1.165) is 11.5 Å². The molecule has 0 unspecified atom stereocenters. The van der Waals surface area contributed by atoms with Crippen molar-refractivity contribution < 1.29 is 14.4 Å². The fourth-order valence-electron chi connectivity index (χ4n) is 1.97. The molecule has 2 aromatic rings. The van der Waals surface area contributed by atoms with Gasteiger partial charge in [0.05, 0.1) is 11.3 Å². The van der Waals surface area contributed by atoms with Crippen LogP contribution >= 0.6 is 34.7 Å². The van der Waals surface area contributed by atoms with Crippen LogP contribution in [0.3, 0.4) is 0 Å². The Morgan fingerprint density at radius 1 is 1.35 bits per heavy atom. The standard InChI is InChI=1S/C14H11Cl2N3O3S/c1-2-19(14(22)11-10(15)12(16)18-23-11)9-6-4-3-5-8(9)13(21)17-7-20/h3-7H,2H2,1H3,(H,17,20,21). The summed E-state index contributed by atoms with van der Waals surface area (Å²) in [5, 5.41) is 2.20. The molecule has 0 bridgehead atoms. The van der Waals surface area contributed by atoms with E-state index >= 15 is 0 Å². The first-order chi connectivity index (χ1) is 11.0. The summed E-state index contributed by atoms with van der Waals surface area (Å²) in [5.41, 5.74) is 0.557. The lowest BCUT2D eigenvalue weighted by Crippen LogP contribution is -2.33. The summed E-state index contributed by atoms with van der Waals surface area (Å²) in [4.78, 5) is 36.7. The number of halogens is 2. The molecule has 23 heavy (non-hydrogen) atoms. The minimum absolute atomic E-state index is 0.0584. The number of para-hydroxylation sites is 1. The van der Waals surface area contributed by atoms with Crippen molar-refractivity contribution in [3.05, 3.63) is 44.9 Å². The second kappa shape index (κ2) is 7.54. The molecule has 0 radical (unpaired) electrons. The van der Waals surface area contributed by atoms with Crippen molar-refractivity contribution >= 4 is 58.6 Å². The molecule has 0 atom stereocenters. The van der Waals surface area contributed by atoms with Crippen LogP contribution in [0.4, 0.5) is 5.69 Å². The van der Waals surface area contributed by atoms with Crippen LogP contribution in [0, 0.1) is 0 Å². The topological polar surface area (TPSA) is 79.4 Å². The van der Waals surface area contributed by atoms with Crippen molar-refractivity contribution in [1.82, 2.24) is 9.69 Å². The van der Waals surface area contributed by atoms with Gasteiger partial charge in [-0.1, -0.05) is 35.3 Å². The first-order valence-corrected chi connectivity index (χ1v) is 8.00. The summed E-state index contributed by atoms with van der Waals surface area (Å²) in [5.74, 6) is -1.02. The zero-order chi connectivity index (χ0) is 17.0. The van der Waals surface area contributed by atoms with E-state index in [1.807, 2.05) is 0 Å². The van der Waals surface area contributed by atoms with Crippen LogP contribution in [-0.4, -0.2) is 29.1 Å². The molecule has 1 heterocycles. The van der Waals surface area contributed by atoms with Gasteiger partial charge in [-0.15, -0.1) is 0 Å². The molecule has 120 valence electrons. The SMILES string of the molecule is CCN(C(=O)c1snc(Cl)c1Cl)c1ccccc1C(=O)NC=O. The predicted octanol–water partition coefficient (Wildman–Crippen LogP) is 3.00. The van der Waals surface area contributed by atoms with Crippen LogP contribution in [0.15, 0.2) is 24.3 Å². The van der Waals surface area contributed by atoms with Crippen molar-refractivity contribution in [3.63, 3.8) is 0 Å². The van der Waals surface area contributed by atoms with E-state index in [2.05, 4.69) is 9.69 Å². The van der Waals surface area contributed by atoms with Crippen molar-refractivity contribution in [2.45, 2.75) is 6.92 Å². The number of amides is 3. The Morgan fingerprint density at radius 2 is 2.04 bits per heavy atom. The zero-order valence-electron chi connectivity index (χ0n) is 11.9. The molecule has 1 aromatic heterocycles. The molecule has 0 saturated heterocycles. The second-order valence-electron chi connectivity index (χ2n) is 4.27. The highest BCUT2D eigenvalue weighted by molar-refractivity contribution is 7.09. The van der Waals surface area contributed by atoms with Gasteiger partial charge in [-0.25, -0.2) is 0 Å². The number of nitrogens with one attached hydrogen (secondary N) is 1. The molecule has 0 spiro atoms. The van der Waals surface area contributed by atoms with Gasteiger partial charge in [-0.05, 0) is 30.6 Å². The lowest BCUT2D eigenvalue weighted by atomic mass is 10.1. The fourth-order valence-corrected chi connectivity index (χ4v) is 3.13. The maximum atomic E-state index is 12.7. The Morgan fingerprint density at radius 3 is 2.61 bits per heavy atom. The normalized spacial score (nSPS) is 10.2. The van der Waals surface area contributed by atoms with Gasteiger partial charge in [0.1, 0.15) is 9.90 Å².